The summed E-state index contributed by atoms with van der Waals surface area (Å²) in [5.74, 6) is 0.404. The number of rotatable bonds is 3. The van der Waals surface area contributed by atoms with Gasteiger partial charge < -0.3 is 10.6 Å². The molecule has 1 saturated heterocycles. The molecule has 1 heterocycles. The van der Waals surface area contributed by atoms with Crippen molar-refractivity contribution < 1.29 is 8.78 Å². The van der Waals surface area contributed by atoms with Gasteiger partial charge in [0, 0.05) is 25.0 Å². The van der Waals surface area contributed by atoms with Crippen LogP contribution in [0.4, 0.5) is 8.78 Å². The van der Waals surface area contributed by atoms with Crippen LogP contribution in [0, 0.1) is 5.92 Å². The van der Waals surface area contributed by atoms with E-state index >= 15 is 0 Å². The maximum Gasteiger partial charge on any atom is 0.239 e. The lowest BCUT2D eigenvalue weighted by atomic mass is 9.87. The Labute approximate surface area is 84.4 Å². The van der Waals surface area contributed by atoms with E-state index in [0.29, 0.717) is 18.5 Å². The SMILES string of the molecule is CC1C(N)CCN(CCC(F)F)C1C. The van der Waals surface area contributed by atoms with Crippen molar-refractivity contribution in [3.8, 4) is 0 Å². The van der Waals surface area contributed by atoms with Crippen molar-refractivity contribution in [3.05, 3.63) is 0 Å². The number of nitrogens with two attached hydrogens (primary N) is 1. The van der Waals surface area contributed by atoms with Gasteiger partial charge in [-0.25, -0.2) is 8.78 Å². The van der Waals surface area contributed by atoms with Gasteiger partial charge >= 0.3 is 0 Å². The predicted octanol–water partition coefficient (Wildman–Crippen LogP) is 1.70. The Morgan fingerprint density at radius 3 is 2.64 bits per heavy atom. The van der Waals surface area contributed by atoms with E-state index in [1.807, 2.05) is 0 Å². The highest BCUT2D eigenvalue weighted by molar-refractivity contribution is 4.86. The maximum absolute atomic E-state index is 12.0. The first-order valence-electron chi connectivity index (χ1n) is 5.30. The topological polar surface area (TPSA) is 29.3 Å². The number of nitrogens with zero attached hydrogens (tertiary/aromatic N) is 1. The Bertz CT molecular complexity index is 176. The highest BCUT2D eigenvalue weighted by Crippen LogP contribution is 2.22. The van der Waals surface area contributed by atoms with Gasteiger partial charge in [0.2, 0.25) is 6.43 Å². The Hall–Kier alpha value is -0.220. The molecule has 0 bridgehead atoms. The summed E-state index contributed by atoms with van der Waals surface area (Å²) in [6, 6.07) is 0.560. The van der Waals surface area contributed by atoms with Crippen molar-refractivity contribution in [2.45, 2.75) is 45.2 Å². The van der Waals surface area contributed by atoms with Crippen molar-refractivity contribution in [1.82, 2.24) is 4.90 Å². The zero-order chi connectivity index (χ0) is 10.7. The molecule has 84 valence electrons. The second-order valence-electron chi connectivity index (χ2n) is 4.27. The molecule has 1 rings (SSSR count). The van der Waals surface area contributed by atoms with Crippen LogP contribution in [-0.2, 0) is 0 Å². The van der Waals surface area contributed by atoms with Crippen molar-refractivity contribution >= 4 is 0 Å². The first-order chi connectivity index (χ1) is 6.52. The number of likely N-dealkylation sites (tertiary alicyclic amines) is 1. The third kappa shape index (κ3) is 2.89. The van der Waals surface area contributed by atoms with Gasteiger partial charge in [-0.15, -0.1) is 0 Å². The summed E-state index contributed by atoms with van der Waals surface area (Å²) < 4.78 is 24.1. The molecule has 14 heavy (non-hydrogen) atoms. The largest absolute Gasteiger partial charge is 0.327 e. The second kappa shape index (κ2) is 5.03. The minimum absolute atomic E-state index is 0.0215. The van der Waals surface area contributed by atoms with E-state index in [1.54, 1.807) is 0 Å². The molecule has 2 N–H and O–H groups in total. The van der Waals surface area contributed by atoms with E-state index in [9.17, 15) is 8.78 Å². The van der Waals surface area contributed by atoms with E-state index in [4.69, 9.17) is 5.73 Å². The van der Waals surface area contributed by atoms with E-state index < -0.39 is 6.43 Å². The molecular formula is C10H20F2N2. The number of hydrogen-bond donors (Lipinski definition) is 1. The van der Waals surface area contributed by atoms with E-state index in [-0.39, 0.29) is 12.5 Å². The third-order valence-electron chi connectivity index (χ3n) is 3.40. The lowest BCUT2D eigenvalue weighted by Crippen LogP contribution is -2.52. The quantitative estimate of drug-likeness (QED) is 0.761. The van der Waals surface area contributed by atoms with Crippen molar-refractivity contribution in [2.75, 3.05) is 13.1 Å². The fourth-order valence-corrected chi connectivity index (χ4v) is 2.05. The summed E-state index contributed by atoms with van der Waals surface area (Å²) in [4.78, 5) is 2.13. The summed E-state index contributed by atoms with van der Waals surface area (Å²) in [7, 11) is 0. The van der Waals surface area contributed by atoms with Gasteiger partial charge in [0.1, 0.15) is 0 Å². The van der Waals surface area contributed by atoms with Gasteiger partial charge in [-0.05, 0) is 25.8 Å². The Kier molecular flexibility index (Phi) is 4.26. The van der Waals surface area contributed by atoms with E-state index in [0.717, 1.165) is 13.0 Å². The fourth-order valence-electron chi connectivity index (χ4n) is 2.05. The van der Waals surface area contributed by atoms with Crippen LogP contribution in [0.15, 0.2) is 0 Å². The minimum Gasteiger partial charge on any atom is -0.327 e. The van der Waals surface area contributed by atoms with Gasteiger partial charge in [-0.2, -0.15) is 0 Å². The van der Waals surface area contributed by atoms with Crippen LogP contribution in [0.25, 0.3) is 0 Å². The maximum atomic E-state index is 12.0. The number of halogens is 2. The first-order valence-corrected chi connectivity index (χ1v) is 5.30. The van der Waals surface area contributed by atoms with Gasteiger partial charge in [0.25, 0.3) is 0 Å². The highest BCUT2D eigenvalue weighted by atomic mass is 19.3. The van der Waals surface area contributed by atoms with Crippen LogP contribution in [0.3, 0.4) is 0 Å². The molecule has 0 aliphatic carbocycles. The minimum atomic E-state index is -2.19. The van der Waals surface area contributed by atoms with Gasteiger partial charge in [0.15, 0.2) is 0 Å². The Morgan fingerprint density at radius 2 is 2.07 bits per heavy atom. The van der Waals surface area contributed by atoms with E-state index in [2.05, 4.69) is 18.7 Å². The molecule has 2 nitrogen and oxygen atoms in total. The van der Waals surface area contributed by atoms with Crippen molar-refractivity contribution in [3.63, 3.8) is 0 Å². The molecule has 1 fully saturated rings. The summed E-state index contributed by atoms with van der Waals surface area (Å²) in [6.07, 6.45) is -1.28. The third-order valence-corrected chi connectivity index (χ3v) is 3.40. The Balaban J connectivity index is 2.39. The van der Waals surface area contributed by atoms with Crippen LogP contribution in [0.2, 0.25) is 0 Å². The van der Waals surface area contributed by atoms with Crippen molar-refractivity contribution in [1.29, 1.82) is 0 Å². The lowest BCUT2D eigenvalue weighted by molar-refractivity contribution is 0.0643. The van der Waals surface area contributed by atoms with Crippen LogP contribution in [0.1, 0.15) is 26.7 Å². The summed E-state index contributed by atoms with van der Waals surface area (Å²) >= 11 is 0. The normalized spacial score (nSPS) is 35.1. The van der Waals surface area contributed by atoms with E-state index in [1.165, 1.54) is 0 Å². The van der Waals surface area contributed by atoms with Crippen molar-refractivity contribution in [2.24, 2.45) is 11.7 Å². The lowest BCUT2D eigenvalue weighted by Gasteiger charge is -2.41. The molecule has 0 radical (unpaired) electrons. The average Bonchev–Trinajstić information content (AvgIpc) is 2.13. The Morgan fingerprint density at radius 1 is 1.43 bits per heavy atom. The molecule has 1 aliphatic heterocycles. The molecular weight excluding hydrogens is 186 g/mol. The molecule has 1 aliphatic rings. The zero-order valence-corrected chi connectivity index (χ0v) is 8.92. The fraction of sp³-hybridized carbons (Fsp3) is 1.00. The standard InChI is InChI=1S/C10H20F2N2/c1-7-8(2)14(5-3-9(7)13)6-4-10(11)12/h7-10H,3-6,13H2,1-2H3. The number of alkyl halides is 2. The molecule has 0 aromatic carbocycles. The number of hydrogen-bond acceptors (Lipinski definition) is 2. The molecule has 4 heteroatoms. The monoisotopic (exact) mass is 206 g/mol. The van der Waals surface area contributed by atoms with Crippen LogP contribution in [-0.4, -0.2) is 36.5 Å². The smallest absolute Gasteiger partial charge is 0.239 e. The molecule has 0 aromatic heterocycles. The average molecular weight is 206 g/mol. The predicted molar refractivity (Wildman–Crippen MR) is 53.4 cm³/mol. The number of piperidine rings is 1. The zero-order valence-electron chi connectivity index (χ0n) is 8.92. The highest BCUT2D eigenvalue weighted by Gasteiger charge is 2.30. The molecule has 0 amide bonds. The van der Waals surface area contributed by atoms with Gasteiger partial charge in [-0.3, -0.25) is 0 Å². The molecule has 3 atom stereocenters. The molecule has 0 aromatic rings. The first kappa shape index (κ1) is 11.9. The van der Waals surface area contributed by atoms with Gasteiger partial charge in [0.05, 0.1) is 0 Å². The van der Waals surface area contributed by atoms with Crippen LogP contribution >= 0.6 is 0 Å². The second-order valence-corrected chi connectivity index (χ2v) is 4.27. The van der Waals surface area contributed by atoms with Gasteiger partial charge in [-0.1, -0.05) is 6.92 Å². The summed E-state index contributed by atoms with van der Waals surface area (Å²) in [6.45, 7) is 5.54. The molecule has 0 saturated carbocycles. The van der Waals surface area contributed by atoms with Crippen LogP contribution < -0.4 is 5.73 Å². The summed E-state index contributed by atoms with van der Waals surface area (Å²) in [5.41, 5.74) is 5.91. The summed E-state index contributed by atoms with van der Waals surface area (Å²) in [5, 5.41) is 0. The molecule has 0 spiro atoms. The molecule has 3 unspecified atom stereocenters. The van der Waals surface area contributed by atoms with Crippen LogP contribution in [0.5, 0.6) is 0 Å².